The Morgan fingerprint density at radius 1 is 0.788 bits per heavy atom. The summed E-state index contributed by atoms with van der Waals surface area (Å²) >= 11 is 0. The van der Waals surface area contributed by atoms with Crippen molar-refractivity contribution in [2.24, 2.45) is 11.3 Å². The van der Waals surface area contributed by atoms with E-state index in [1.54, 1.807) is 27.7 Å². The molecule has 2 saturated carbocycles. The molecule has 10 heteroatoms. The smallest absolute Gasteiger partial charge is 0.303 e. The first-order valence-electron chi connectivity index (χ1n) is 11.1. The summed E-state index contributed by atoms with van der Waals surface area (Å²) in [6.07, 6.45) is -3.86. The highest BCUT2D eigenvalue weighted by atomic mass is 16.6. The van der Waals surface area contributed by atoms with Gasteiger partial charge in [-0.25, -0.2) is 0 Å². The highest BCUT2D eigenvalue weighted by Crippen LogP contribution is 2.69. The summed E-state index contributed by atoms with van der Waals surface area (Å²) in [6, 6.07) is 0. The normalized spacial score (nSPS) is 43.1. The van der Waals surface area contributed by atoms with Crippen molar-refractivity contribution in [2.75, 3.05) is 0 Å². The Morgan fingerprint density at radius 3 is 1.76 bits per heavy atom. The van der Waals surface area contributed by atoms with Gasteiger partial charge in [-0.3, -0.25) is 19.2 Å². The summed E-state index contributed by atoms with van der Waals surface area (Å²) in [5.41, 5.74) is -5.76. The van der Waals surface area contributed by atoms with Gasteiger partial charge in [0.05, 0.1) is 22.5 Å². The van der Waals surface area contributed by atoms with Crippen LogP contribution in [0.3, 0.4) is 0 Å². The fourth-order valence-corrected chi connectivity index (χ4v) is 6.61. The van der Waals surface area contributed by atoms with Gasteiger partial charge in [-0.2, -0.15) is 0 Å². The second-order valence-electron chi connectivity index (χ2n) is 10.3. The summed E-state index contributed by atoms with van der Waals surface area (Å²) in [5.74, 6) is -3.27. The average molecular weight is 471 g/mol. The van der Waals surface area contributed by atoms with E-state index in [2.05, 4.69) is 0 Å². The van der Waals surface area contributed by atoms with Crippen molar-refractivity contribution in [3.63, 3.8) is 0 Å². The number of hydrogen-bond donors (Lipinski definition) is 1. The van der Waals surface area contributed by atoms with Crippen LogP contribution in [0.2, 0.25) is 0 Å². The van der Waals surface area contributed by atoms with Crippen LogP contribution < -0.4 is 0 Å². The largest absolute Gasteiger partial charge is 0.462 e. The molecular weight excluding hydrogens is 436 g/mol. The number of ether oxygens (including phenoxy) is 5. The summed E-state index contributed by atoms with van der Waals surface area (Å²) in [6.45, 7) is 11.6. The van der Waals surface area contributed by atoms with Crippen molar-refractivity contribution in [3.05, 3.63) is 0 Å². The third-order valence-electron chi connectivity index (χ3n) is 7.56. The SMILES string of the molecule is CC(=O)O[C@H]1[C@@H]2[C@@H](OC(C)=O)[C@@]3(OC2(C)C)[C@@](C)([C@@H](OC(C)=O)CC[C@]3(C)O)[C@H]1OC(C)=O. The lowest BCUT2D eigenvalue weighted by Crippen LogP contribution is -2.81. The average Bonchev–Trinajstić information content (AvgIpc) is 2.83. The predicted molar refractivity (Wildman–Crippen MR) is 112 cm³/mol. The number of carbonyl (C=O) groups excluding carboxylic acids is 4. The summed E-state index contributed by atoms with van der Waals surface area (Å²) < 4.78 is 29.6. The maximum absolute atomic E-state index is 12.2. The Hall–Kier alpha value is -2.20. The minimum absolute atomic E-state index is 0.159. The van der Waals surface area contributed by atoms with Crippen LogP contribution in [0, 0.1) is 11.3 Å². The molecule has 3 rings (SSSR count). The Kier molecular flexibility index (Phi) is 6.12. The molecule has 2 aliphatic carbocycles. The summed E-state index contributed by atoms with van der Waals surface area (Å²) in [7, 11) is 0. The standard InChI is InChI=1S/C23H34O10/c1-11(24)29-15-9-10-21(7,28)23-18(31-13(3)26)16(20(5,6)33-23)17(30-12(2)25)19(22(15,23)8)32-14(4)27/h15-19,28H,9-10H2,1-8H3/t15-,16+,17-,18+,19-,21-,22-,23-/m0/s1. The monoisotopic (exact) mass is 470 g/mol. The molecule has 3 fully saturated rings. The van der Waals surface area contributed by atoms with E-state index in [4.69, 9.17) is 23.7 Å². The Bertz CT molecular complexity index is 863. The first-order valence-corrected chi connectivity index (χ1v) is 11.1. The first-order chi connectivity index (χ1) is 15.0. The molecule has 0 amide bonds. The highest BCUT2D eigenvalue weighted by Gasteiger charge is 2.85. The van der Waals surface area contributed by atoms with Crippen molar-refractivity contribution >= 4 is 23.9 Å². The molecule has 1 spiro atoms. The van der Waals surface area contributed by atoms with E-state index in [9.17, 15) is 24.3 Å². The van der Waals surface area contributed by atoms with E-state index >= 15 is 0 Å². The van der Waals surface area contributed by atoms with Crippen molar-refractivity contribution in [1.82, 2.24) is 0 Å². The van der Waals surface area contributed by atoms with E-state index in [0.29, 0.717) is 0 Å². The molecule has 3 aliphatic rings. The van der Waals surface area contributed by atoms with Crippen LogP contribution in [-0.2, 0) is 42.9 Å². The van der Waals surface area contributed by atoms with Crippen LogP contribution in [-0.4, -0.2) is 70.2 Å². The van der Waals surface area contributed by atoms with E-state index < -0.39 is 76.4 Å². The lowest BCUT2D eigenvalue weighted by atomic mass is 9.47. The highest BCUT2D eigenvalue weighted by molar-refractivity contribution is 5.69. The van der Waals surface area contributed by atoms with Crippen LogP contribution in [0.15, 0.2) is 0 Å². The molecule has 8 atom stereocenters. The number of hydrogen-bond acceptors (Lipinski definition) is 10. The van der Waals surface area contributed by atoms with Gasteiger partial charge in [-0.05, 0) is 40.5 Å². The van der Waals surface area contributed by atoms with Gasteiger partial charge < -0.3 is 28.8 Å². The van der Waals surface area contributed by atoms with Crippen molar-refractivity contribution in [2.45, 2.75) is 109 Å². The number of esters is 4. The van der Waals surface area contributed by atoms with E-state index in [1.165, 1.54) is 27.7 Å². The van der Waals surface area contributed by atoms with Crippen molar-refractivity contribution < 1.29 is 48.0 Å². The third-order valence-corrected chi connectivity index (χ3v) is 7.56. The molecule has 1 saturated heterocycles. The molecule has 1 heterocycles. The number of carbonyl (C=O) groups is 4. The zero-order chi connectivity index (χ0) is 25.1. The first kappa shape index (κ1) is 25.4. The topological polar surface area (TPSA) is 135 Å². The Labute approximate surface area is 193 Å². The van der Waals surface area contributed by atoms with Gasteiger partial charge in [-0.15, -0.1) is 0 Å². The molecular formula is C23H34O10. The van der Waals surface area contributed by atoms with Gasteiger partial charge >= 0.3 is 23.9 Å². The van der Waals surface area contributed by atoms with Crippen molar-refractivity contribution in [1.29, 1.82) is 0 Å². The van der Waals surface area contributed by atoms with Gasteiger partial charge in [0, 0.05) is 27.7 Å². The third kappa shape index (κ3) is 3.62. The molecule has 0 radical (unpaired) electrons. The molecule has 0 unspecified atom stereocenters. The maximum Gasteiger partial charge on any atom is 0.303 e. The minimum Gasteiger partial charge on any atom is -0.462 e. The lowest BCUT2D eigenvalue weighted by molar-refractivity contribution is -0.338. The van der Waals surface area contributed by atoms with Crippen LogP contribution in [0.4, 0.5) is 0 Å². The zero-order valence-electron chi connectivity index (χ0n) is 20.4. The second kappa shape index (κ2) is 7.94. The van der Waals surface area contributed by atoms with Crippen molar-refractivity contribution in [3.8, 4) is 0 Å². The van der Waals surface area contributed by atoms with Gasteiger partial charge in [0.1, 0.15) is 23.9 Å². The van der Waals surface area contributed by atoms with Crippen LogP contribution in [0.25, 0.3) is 0 Å². The van der Waals surface area contributed by atoms with Gasteiger partial charge in [0.15, 0.2) is 6.10 Å². The van der Waals surface area contributed by atoms with E-state index in [1.807, 2.05) is 0 Å². The number of aliphatic hydroxyl groups is 1. The molecule has 0 aromatic heterocycles. The molecule has 1 N–H and O–H groups in total. The summed E-state index contributed by atoms with van der Waals surface area (Å²) in [5, 5.41) is 11.8. The van der Waals surface area contributed by atoms with E-state index in [0.717, 1.165) is 0 Å². The molecule has 0 aromatic carbocycles. The van der Waals surface area contributed by atoms with Crippen LogP contribution >= 0.6 is 0 Å². The molecule has 186 valence electrons. The molecule has 1 aliphatic heterocycles. The fourth-order valence-electron chi connectivity index (χ4n) is 6.61. The van der Waals surface area contributed by atoms with Gasteiger partial charge in [0.2, 0.25) is 0 Å². The Morgan fingerprint density at radius 2 is 1.27 bits per heavy atom. The fraction of sp³-hybridized carbons (Fsp3) is 0.826. The zero-order valence-corrected chi connectivity index (χ0v) is 20.4. The minimum atomic E-state index is -1.64. The molecule has 2 bridgehead atoms. The van der Waals surface area contributed by atoms with Crippen LogP contribution in [0.1, 0.15) is 68.2 Å². The van der Waals surface area contributed by atoms with E-state index in [-0.39, 0.29) is 12.8 Å². The molecule has 0 aromatic rings. The predicted octanol–water partition coefficient (Wildman–Crippen LogP) is 1.44. The molecule has 33 heavy (non-hydrogen) atoms. The summed E-state index contributed by atoms with van der Waals surface area (Å²) in [4.78, 5) is 48.7. The maximum atomic E-state index is 12.2. The number of rotatable bonds is 4. The van der Waals surface area contributed by atoms with Gasteiger partial charge in [0.25, 0.3) is 0 Å². The quantitative estimate of drug-likeness (QED) is 0.475. The Balaban J connectivity index is 2.39. The number of fused-ring (bicyclic) bond motifs is 1. The second-order valence-corrected chi connectivity index (χ2v) is 10.3. The van der Waals surface area contributed by atoms with Crippen LogP contribution in [0.5, 0.6) is 0 Å². The molecule has 10 nitrogen and oxygen atoms in total. The van der Waals surface area contributed by atoms with Gasteiger partial charge in [-0.1, -0.05) is 0 Å². The lowest BCUT2D eigenvalue weighted by Gasteiger charge is -2.64.